The van der Waals surface area contributed by atoms with Gasteiger partial charge in [-0.3, -0.25) is 9.36 Å². The first-order valence-electron chi connectivity index (χ1n) is 5.14. The number of nitrogens with zero attached hydrogens (tertiary/aromatic N) is 2. The van der Waals surface area contributed by atoms with Crippen LogP contribution in [0.15, 0.2) is 41.5 Å². The van der Waals surface area contributed by atoms with Crippen LogP contribution < -0.4 is 11.3 Å². The molecule has 2 rings (SSSR count). The molecule has 0 saturated carbocycles. The minimum Gasteiger partial charge on any atom is -0.393 e. The molecule has 0 aliphatic rings. The van der Waals surface area contributed by atoms with E-state index in [0.717, 1.165) is 5.69 Å². The van der Waals surface area contributed by atoms with E-state index in [2.05, 4.69) is 4.98 Å². The zero-order valence-electron chi connectivity index (χ0n) is 9.46. The molecule has 88 valence electrons. The molecule has 0 aliphatic carbocycles. The van der Waals surface area contributed by atoms with Crippen LogP contribution in [0.3, 0.4) is 0 Å². The number of ether oxygens (including phenoxy) is 1. The van der Waals surface area contributed by atoms with Gasteiger partial charge in [-0.15, -0.1) is 0 Å². The predicted molar refractivity (Wildman–Crippen MR) is 65.0 cm³/mol. The van der Waals surface area contributed by atoms with Crippen LogP contribution in [0.25, 0.3) is 5.69 Å². The van der Waals surface area contributed by atoms with Crippen molar-refractivity contribution in [2.75, 3.05) is 12.8 Å². The van der Waals surface area contributed by atoms with Gasteiger partial charge in [0.1, 0.15) is 12.0 Å². The number of benzene rings is 1. The molecule has 1 aromatic carbocycles. The molecule has 0 spiro atoms. The summed E-state index contributed by atoms with van der Waals surface area (Å²) < 4.78 is 6.33. The Balaban J connectivity index is 2.52. The van der Waals surface area contributed by atoms with Crippen molar-refractivity contribution in [3.63, 3.8) is 0 Å². The monoisotopic (exact) mass is 231 g/mol. The lowest BCUT2D eigenvalue weighted by atomic mass is 10.3. The number of nitrogen functional groups attached to an aromatic ring is 1. The molecule has 17 heavy (non-hydrogen) atoms. The largest absolute Gasteiger partial charge is 0.393 e. The molecule has 1 heterocycles. The quantitative estimate of drug-likeness (QED) is 0.854. The van der Waals surface area contributed by atoms with E-state index in [1.54, 1.807) is 0 Å². The second kappa shape index (κ2) is 4.80. The fourth-order valence-corrected chi connectivity index (χ4v) is 1.53. The normalized spacial score (nSPS) is 10.4. The smallest absolute Gasteiger partial charge is 0.281 e. The number of rotatable bonds is 3. The van der Waals surface area contributed by atoms with E-state index >= 15 is 0 Å². The minimum atomic E-state index is -0.279. The summed E-state index contributed by atoms with van der Waals surface area (Å²) in [4.78, 5) is 16.1. The average Bonchev–Trinajstić information content (AvgIpc) is 2.36. The van der Waals surface area contributed by atoms with Gasteiger partial charge in [0.25, 0.3) is 5.56 Å². The standard InChI is InChI=1S/C12H13N3O2/c1-17-7-10-11(13)12(16)15(8-14-10)9-5-3-2-4-6-9/h2-6,8H,7,13H2,1H3. The lowest BCUT2D eigenvalue weighted by molar-refractivity contribution is 0.182. The van der Waals surface area contributed by atoms with Crippen molar-refractivity contribution in [1.82, 2.24) is 9.55 Å². The van der Waals surface area contributed by atoms with E-state index in [0.29, 0.717) is 5.69 Å². The Morgan fingerprint density at radius 3 is 2.71 bits per heavy atom. The van der Waals surface area contributed by atoms with Gasteiger partial charge in [-0.05, 0) is 12.1 Å². The second-order valence-electron chi connectivity index (χ2n) is 3.55. The third-order valence-corrected chi connectivity index (χ3v) is 2.40. The van der Waals surface area contributed by atoms with Crippen LogP contribution in [0.5, 0.6) is 0 Å². The molecule has 5 heteroatoms. The van der Waals surface area contributed by atoms with E-state index in [9.17, 15) is 4.79 Å². The Bertz CT molecular complexity index is 564. The SMILES string of the molecule is COCc1ncn(-c2ccccc2)c(=O)c1N. The molecular formula is C12H13N3O2. The Hall–Kier alpha value is -2.14. The second-order valence-corrected chi connectivity index (χ2v) is 3.55. The minimum absolute atomic E-state index is 0.123. The summed E-state index contributed by atoms with van der Waals surface area (Å²) in [6.07, 6.45) is 1.46. The van der Waals surface area contributed by atoms with E-state index in [1.165, 1.54) is 18.0 Å². The van der Waals surface area contributed by atoms with Gasteiger partial charge in [0.15, 0.2) is 0 Å². The molecule has 5 nitrogen and oxygen atoms in total. The van der Waals surface area contributed by atoms with Crippen molar-refractivity contribution in [3.8, 4) is 5.69 Å². The maximum Gasteiger partial charge on any atom is 0.281 e. The molecule has 0 fully saturated rings. The van der Waals surface area contributed by atoms with Crippen molar-refractivity contribution in [3.05, 3.63) is 52.7 Å². The Morgan fingerprint density at radius 1 is 1.35 bits per heavy atom. The lowest BCUT2D eigenvalue weighted by Crippen LogP contribution is -2.24. The van der Waals surface area contributed by atoms with E-state index in [-0.39, 0.29) is 17.9 Å². The van der Waals surface area contributed by atoms with Gasteiger partial charge in [0.2, 0.25) is 0 Å². The first-order chi connectivity index (χ1) is 8.24. The number of methoxy groups -OCH3 is 1. The molecule has 2 aromatic rings. The van der Waals surface area contributed by atoms with Crippen molar-refractivity contribution in [2.45, 2.75) is 6.61 Å². The van der Waals surface area contributed by atoms with Gasteiger partial charge in [-0.2, -0.15) is 0 Å². The van der Waals surface area contributed by atoms with Gasteiger partial charge in [-0.1, -0.05) is 18.2 Å². The number of hydrogen-bond acceptors (Lipinski definition) is 4. The fourth-order valence-electron chi connectivity index (χ4n) is 1.53. The summed E-state index contributed by atoms with van der Waals surface area (Å²) in [7, 11) is 1.53. The summed E-state index contributed by atoms with van der Waals surface area (Å²) in [5.41, 5.74) is 6.77. The van der Waals surface area contributed by atoms with Crippen molar-refractivity contribution in [1.29, 1.82) is 0 Å². The summed E-state index contributed by atoms with van der Waals surface area (Å²) in [6, 6.07) is 9.21. The highest BCUT2D eigenvalue weighted by molar-refractivity contribution is 5.43. The van der Waals surface area contributed by atoms with Gasteiger partial charge in [0.05, 0.1) is 18.0 Å². The Morgan fingerprint density at radius 2 is 2.06 bits per heavy atom. The van der Waals surface area contributed by atoms with Crippen LogP contribution in [0, 0.1) is 0 Å². The number of anilines is 1. The van der Waals surface area contributed by atoms with Crippen LogP contribution in [0.2, 0.25) is 0 Å². The first kappa shape index (κ1) is 11.3. The first-order valence-corrected chi connectivity index (χ1v) is 5.14. The van der Waals surface area contributed by atoms with Crippen LogP contribution in [0.4, 0.5) is 5.69 Å². The molecule has 0 bridgehead atoms. The van der Waals surface area contributed by atoms with E-state index in [1.807, 2.05) is 30.3 Å². The van der Waals surface area contributed by atoms with Gasteiger partial charge in [-0.25, -0.2) is 4.98 Å². The summed E-state index contributed by atoms with van der Waals surface area (Å²) >= 11 is 0. The van der Waals surface area contributed by atoms with Gasteiger partial charge >= 0.3 is 0 Å². The zero-order chi connectivity index (χ0) is 12.3. The number of nitrogens with two attached hydrogens (primary N) is 1. The zero-order valence-corrected chi connectivity index (χ0v) is 9.46. The van der Waals surface area contributed by atoms with Crippen LogP contribution in [0.1, 0.15) is 5.69 Å². The number of aromatic nitrogens is 2. The molecule has 0 aliphatic heterocycles. The fraction of sp³-hybridized carbons (Fsp3) is 0.167. The van der Waals surface area contributed by atoms with Crippen molar-refractivity contribution >= 4 is 5.69 Å². The highest BCUT2D eigenvalue weighted by Crippen LogP contribution is 2.07. The molecule has 0 saturated heterocycles. The van der Waals surface area contributed by atoms with E-state index in [4.69, 9.17) is 10.5 Å². The third kappa shape index (κ3) is 2.19. The predicted octanol–water partition coefficient (Wildman–Crippen LogP) is 0.961. The Labute approximate surface area is 98.5 Å². The summed E-state index contributed by atoms with van der Waals surface area (Å²) in [5.74, 6) is 0. The molecule has 1 aromatic heterocycles. The van der Waals surface area contributed by atoms with Crippen molar-refractivity contribution in [2.24, 2.45) is 0 Å². The molecule has 0 radical (unpaired) electrons. The topological polar surface area (TPSA) is 70.1 Å². The van der Waals surface area contributed by atoms with Crippen LogP contribution in [-0.4, -0.2) is 16.7 Å². The number of para-hydroxylation sites is 1. The Kier molecular flexibility index (Phi) is 3.20. The average molecular weight is 231 g/mol. The molecule has 2 N–H and O–H groups in total. The molecule has 0 unspecified atom stereocenters. The third-order valence-electron chi connectivity index (χ3n) is 2.40. The maximum atomic E-state index is 12.0. The van der Waals surface area contributed by atoms with E-state index < -0.39 is 0 Å². The number of hydrogen-bond donors (Lipinski definition) is 1. The van der Waals surface area contributed by atoms with Crippen molar-refractivity contribution < 1.29 is 4.74 Å². The molecule has 0 atom stereocenters. The van der Waals surface area contributed by atoms with Crippen LogP contribution in [-0.2, 0) is 11.3 Å². The van der Waals surface area contributed by atoms with Gasteiger partial charge < -0.3 is 10.5 Å². The summed E-state index contributed by atoms with van der Waals surface area (Å²) in [6.45, 7) is 0.233. The molecule has 0 amide bonds. The highest BCUT2D eigenvalue weighted by atomic mass is 16.5. The van der Waals surface area contributed by atoms with Gasteiger partial charge in [0, 0.05) is 7.11 Å². The lowest BCUT2D eigenvalue weighted by Gasteiger charge is -2.08. The summed E-state index contributed by atoms with van der Waals surface area (Å²) in [5, 5.41) is 0. The highest BCUT2D eigenvalue weighted by Gasteiger charge is 2.08. The maximum absolute atomic E-state index is 12.0. The van der Waals surface area contributed by atoms with Crippen LogP contribution >= 0.6 is 0 Å². The molecular weight excluding hydrogens is 218 g/mol.